The molecule has 13 heteroatoms. The molecule has 0 spiro atoms. The van der Waals surface area contributed by atoms with E-state index in [2.05, 4.69) is 15.3 Å². The number of carbonyl (C=O) groups is 3. The summed E-state index contributed by atoms with van der Waals surface area (Å²) in [5, 5.41) is 3.19. The van der Waals surface area contributed by atoms with Crippen molar-refractivity contribution in [1.29, 1.82) is 0 Å². The van der Waals surface area contributed by atoms with Crippen molar-refractivity contribution >= 4 is 75.9 Å². The van der Waals surface area contributed by atoms with Gasteiger partial charge in [0.2, 0.25) is 0 Å². The highest BCUT2D eigenvalue weighted by Crippen LogP contribution is 2.33. The van der Waals surface area contributed by atoms with Gasteiger partial charge in [0.1, 0.15) is 11.4 Å². The van der Waals surface area contributed by atoms with Crippen LogP contribution in [0.4, 0.5) is 11.5 Å². The number of nitrogens with two attached hydrogens (primary N) is 1. The predicted octanol–water partition coefficient (Wildman–Crippen LogP) is 3.47. The third-order valence-corrected chi connectivity index (χ3v) is 4.90. The summed E-state index contributed by atoms with van der Waals surface area (Å²) < 4.78 is 9.70. The van der Waals surface area contributed by atoms with Crippen LogP contribution in [0, 0.1) is 0 Å². The zero-order valence-electron chi connectivity index (χ0n) is 15.4. The van der Waals surface area contributed by atoms with Crippen molar-refractivity contribution in [3.05, 3.63) is 39.0 Å². The zero-order chi connectivity index (χ0) is 22.3. The number of carbonyl (C=O) groups excluding carboxylic acids is 3. The molecule has 0 aliphatic rings. The number of benzene rings is 1. The number of thioether (sulfide) groups is 1. The van der Waals surface area contributed by atoms with Crippen LogP contribution >= 0.6 is 46.6 Å². The maximum Gasteiger partial charge on any atom is 0.343 e. The van der Waals surface area contributed by atoms with E-state index in [1.807, 2.05) is 0 Å². The Morgan fingerprint density at radius 1 is 1.17 bits per heavy atom. The van der Waals surface area contributed by atoms with Crippen LogP contribution in [0.2, 0.25) is 15.1 Å². The molecular weight excluding hydrogens is 479 g/mol. The van der Waals surface area contributed by atoms with Gasteiger partial charge in [-0.2, -0.15) is 0 Å². The Hall–Kier alpha value is -2.27. The van der Waals surface area contributed by atoms with E-state index in [0.717, 1.165) is 11.8 Å². The quantitative estimate of drug-likeness (QED) is 0.322. The van der Waals surface area contributed by atoms with Crippen LogP contribution < -0.4 is 11.1 Å². The zero-order valence-corrected chi connectivity index (χ0v) is 18.5. The first-order valence-corrected chi connectivity index (χ1v) is 10.4. The number of halogens is 3. The average Bonchev–Trinajstić information content (AvgIpc) is 2.67. The minimum Gasteiger partial charge on any atom is -0.462 e. The van der Waals surface area contributed by atoms with Gasteiger partial charge in [0.15, 0.2) is 11.8 Å². The minimum atomic E-state index is -0.694. The van der Waals surface area contributed by atoms with Crippen LogP contribution in [-0.2, 0) is 19.1 Å². The van der Waals surface area contributed by atoms with Crippen LogP contribution in [0.3, 0.4) is 0 Å². The second kappa shape index (κ2) is 11.2. The molecule has 2 aromatic rings. The highest BCUT2D eigenvalue weighted by Gasteiger charge is 2.16. The topological polar surface area (TPSA) is 134 Å². The maximum absolute atomic E-state index is 11.9. The molecule has 1 heterocycles. The molecule has 0 saturated carbocycles. The average molecular weight is 494 g/mol. The normalized spacial score (nSPS) is 10.4. The molecule has 0 bridgehead atoms. The van der Waals surface area contributed by atoms with E-state index in [9.17, 15) is 14.4 Å². The van der Waals surface area contributed by atoms with E-state index in [1.165, 1.54) is 18.3 Å². The van der Waals surface area contributed by atoms with Gasteiger partial charge in [-0.3, -0.25) is 9.59 Å². The van der Waals surface area contributed by atoms with E-state index in [4.69, 9.17) is 50.0 Å². The van der Waals surface area contributed by atoms with Crippen LogP contribution in [0.15, 0.2) is 23.5 Å². The standard InChI is InChI=1S/C17H15Cl3N4O5S/c1-2-28-16(27)9-5-22-17(24-15(9)21)30-7-13(26)29-6-12(25)23-14-10(19)3-8(18)4-11(14)20/h3-5H,2,6-7H2,1H3,(H,23,25)(H2,21,22,24). The molecule has 3 N–H and O–H groups in total. The maximum atomic E-state index is 11.9. The molecule has 1 aromatic heterocycles. The summed E-state index contributed by atoms with van der Waals surface area (Å²) in [6.07, 6.45) is 1.21. The summed E-state index contributed by atoms with van der Waals surface area (Å²) >= 11 is 18.7. The number of amides is 1. The van der Waals surface area contributed by atoms with Crippen molar-refractivity contribution in [3.63, 3.8) is 0 Å². The molecule has 160 valence electrons. The van der Waals surface area contributed by atoms with Crippen LogP contribution in [0.25, 0.3) is 0 Å². The number of aromatic nitrogens is 2. The number of rotatable bonds is 8. The molecule has 0 radical (unpaired) electrons. The Bertz CT molecular complexity index is 953. The van der Waals surface area contributed by atoms with Gasteiger partial charge < -0.3 is 20.5 Å². The highest BCUT2D eigenvalue weighted by atomic mass is 35.5. The lowest BCUT2D eigenvalue weighted by molar-refractivity contribution is -0.144. The molecule has 30 heavy (non-hydrogen) atoms. The van der Waals surface area contributed by atoms with Crippen molar-refractivity contribution < 1.29 is 23.9 Å². The van der Waals surface area contributed by atoms with Gasteiger partial charge in [0.05, 0.1) is 28.1 Å². The summed E-state index contributed by atoms with van der Waals surface area (Å²) in [6.45, 7) is 1.29. The number of ether oxygens (including phenoxy) is 2. The lowest BCUT2D eigenvalue weighted by Gasteiger charge is -2.10. The molecule has 0 saturated heterocycles. The predicted molar refractivity (Wildman–Crippen MR) is 114 cm³/mol. The highest BCUT2D eigenvalue weighted by molar-refractivity contribution is 7.99. The monoisotopic (exact) mass is 492 g/mol. The molecule has 9 nitrogen and oxygen atoms in total. The fourth-order valence-corrected chi connectivity index (χ4v) is 3.49. The molecule has 2 rings (SSSR count). The van der Waals surface area contributed by atoms with Gasteiger partial charge in [-0.15, -0.1) is 0 Å². The molecule has 0 fully saturated rings. The Balaban J connectivity index is 1.83. The van der Waals surface area contributed by atoms with Gasteiger partial charge in [0.25, 0.3) is 5.91 Å². The smallest absolute Gasteiger partial charge is 0.343 e. The Morgan fingerprint density at radius 2 is 1.83 bits per heavy atom. The van der Waals surface area contributed by atoms with E-state index in [1.54, 1.807) is 6.92 Å². The van der Waals surface area contributed by atoms with Crippen LogP contribution in [0.5, 0.6) is 0 Å². The van der Waals surface area contributed by atoms with Crippen molar-refractivity contribution in [1.82, 2.24) is 9.97 Å². The van der Waals surface area contributed by atoms with Crippen LogP contribution in [0.1, 0.15) is 17.3 Å². The van der Waals surface area contributed by atoms with Crippen molar-refractivity contribution in [2.24, 2.45) is 0 Å². The van der Waals surface area contributed by atoms with Gasteiger partial charge in [-0.05, 0) is 19.1 Å². The lowest BCUT2D eigenvalue weighted by atomic mass is 10.3. The second-order valence-corrected chi connectivity index (χ2v) is 7.61. The molecule has 1 aromatic carbocycles. The molecule has 1 amide bonds. The fourth-order valence-electron chi connectivity index (χ4n) is 1.96. The van der Waals surface area contributed by atoms with E-state index in [-0.39, 0.29) is 44.6 Å². The number of nitrogens with zero attached hydrogens (tertiary/aromatic N) is 2. The summed E-state index contributed by atoms with van der Waals surface area (Å²) in [7, 11) is 0. The van der Waals surface area contributed by atoms with Gasteiger partial charge in [0, 0.05) is 11.2 Å². The van der Waals surface area contributed by atoms with E-state index < -0.39 is 24.5 Å². The van der Waals surface area contributed by atoms with Gasteiger partial charge >= 0.3 is 11.9 Å². The number of nitrogen functional groups attached to an aromatic ring is 1. The third kappa shape index (κ3) is 6.91. The molecular formula is C17H15Cl3N4O5S. The second-order valence-electron chi connectivity index (χ2n) is 5.41. The van der Waals surface area contributed by atoms with E-state index >= 15 is 0 Å². The first-order chi connectivity index (χ1) is 14.2. The van der Waals surface area contributed by atoms with E-state index in [0.29, 0.717) is 5.02 Å². The molecule has 0 aliphatic heterocycles. The Labute approximate surface area is 190 Å². The summed E-state index contributed by atoms with van der Waals surface area (Å²) in [4.78, 5) is 43.3. The number of anilines is 2. The lowest BCUT2D eigenvalue weighted by Crippen LogP contribution is -2.22. The van der Waals surface area contributed by atoms with Gasteiger partial charge in [-0.25, -0.2) is 14.8 Å². The van der Waals surface area contributed by atoms with Crippen molar-refractivity contribution in [2.45, 2.75) is 12.1 Å². The number of hydrogen-bond acceptors (Lipinski definition) is 9. The Morgan fingerprint density at radius 3 is 2.43 bits per heavy atom. The van der Waals surface area contributed by atoms with Crippen LogP contribution in [-0.4, -0.2) is 46.8 Å². The largest absolute Gasteiger partial charge is 0.462 e. The molecule has 0 unspecified atom stereocenters. The molecule has 0 aliphatic carbocycles. The summed E-state index contributed by atoms with van der Waals surface area (Å²) in [5.74, 6) is -2.24. The van der Waals surface area contributed by atoms with Gasteiger partial charge in [-0.1, -0.05) is 46.6 Å². The fraction of sp³-hybridized carbons (Fsp3) is 0.235. The number of hydrogen-bond donors (Lipinski definition) is 2. The number of esters is 2. The third-order valence-electron chi connectivity index (χ3n) is 3.25. The first kappa shape index (κ1) is 24.0. The SMILES string of the molecule is CCOC(=O)c1cnc(SCC(=O)OCC(=O)Nc2c(Cl)cc(Cl)cc2Cl)nc1N. The molecule has 0 atom stereocenters. The Kier molecular flexibility index (Phi) is 8.97. The van der Waals surface area contributed by atoms with Crippen molar-refractivity contribution in [2.75, 3.05) is 30.0 Å². The summed E-state index contributed by atoms with van der Waals surface area (Å²) in [6, 6.07) is 2.82. The summed E-state index contributed by atoms with van der Waals surface area (Å²) in [5.41, 5.74) is 5.88. The first-order valence-electron chi connectivity index (χ1n) is 8.23. The van der Waals surface area contributed by atoms with Crippen molar-refractivity contribution in [3.8, 4) is 0 Å². The number of nitrogens with one attached hydrogen (secondary N) is 1. The minimum absolute atomic E-state index is 0.0277.